The molecule has 0 aromatic heterocycles. The van der Waals surface area contributed by atoms with Crippen LogP contribution in [0.15, 0.2) is 0 Å². The highest BCUT2D eigenvalue weighted by molar-refractivity contribution is 5.85. The van der Waals surface area contributed by atoms with Crippen LogP contribution in [-0.4, -0.2) is 34.9 Å². The predicted octanol–water partition coefficient (Wildman–Crippen LogP) is 1.68. The van der Waals surface area contributed by atoms with Crippen LogP contribution in [0.1, 0.15) is 46.5 Å². The van der Waals surface area contributed by atoms with Gasteiger partial charge in [0.05, 0.1) is 6.54 Å². The molecule has 0 unspecified atom stereocenters. The summed E-state index contributed by atoms with van der Waals surface area (Å²) in [6.45, 7) is 6.08. The van der Waals surface area contributed by atoms with Crippen molar-refractivity contribution in [1.29, 1.82) is 5.41 Å². The molecule has 0 radical (unpaired) electrons. The lowest BCUT2D eigenvalue weighted by atomic mass is 10.1. The normalized spacial score (nSPS) is 16.9. The van der Waals surface area contributed by atoms with Gasteiger partial charge in [-0.05, 0) is 33.6 Å². The highest BCUT2D eigenvalue weighted by Gasteiger charge is 2.28. The monoisotopic (exact) mass is 240 g/mol. The molecular formula is C12H24N4O. The first-order valence-corrected chi connectivity index (χ1v) is 6.21. The Balaban J connectivity index is 2.67. The summed E-state index contributed by atoms with van der Waals surface area (Å²) in [5, 5.41) is 10.3. The maximum atomic E-state index is 12.1. The Morgan fingerprint density at radius 1 is 1.41 bits per heavy atom. The van der Waals surface area contributed by atoms with Gasteiger partial charge in [0, 0.05) is 11.6 Å². The molecule has 0 aromatic rings. The quantitative estimate of drug-likeness (QED) is 0.518. The molecule has 1 saturated carbocycles. The van der Waals surface area contributed by atoms with Crippen LogP contribution in [0.5, 0.6) is 0 Å². The minimum absolute atomic E-state index is 0.0426. The number of hydrogen-bond acceptors (Lipinski definition) is 2. The second-order valence-corrected chi connectivity index (χ2v) is 5.77. The van der Waals surface area contributed by atoms with Crippen molar-refractivity contribution in [3.8, 4) is 0 Å². The summed E-state index contributed by atoms with van der Waals surface area (Å²) < 4.78 is 0. The van der Waals surface area contributed by atoms with Crippen LogP contribution in [0.3, 0.4) is 0 Å². The maximum Gasteiger partial charge on any atom is 0.318 e. The lowest BCUT2D eigenvalue weighted by Crippen LogP contribution is -2.53. The van der Waals surface area contributed by atoms with Crippen molar-refractivity contribution in [2.45, 2.75) is 58.0 Å². The zero-order valence-electron chi connectivity index (χ0n) is 11.0. The highest BCUT2D eigenvalue weighted by atomic mass is 16.2. The lowest BCUT2D eigenvalue weighted by molar-refractivity contribution is 0.176. The minimum atomic E-state index is -0.259. The molecule has 0 atom stereocenters. The first kappa shape index (κ1) is 13.8. The van der Waals surface area contributed by atoms with E-state index in [-0.39, 0.29) is 30.0 Å². The summed E-state index contributed by atoms with van der Waals surface area (Å²) >= 11 is 0. The third-order valence-electron chi connectivity index (χ3n) is 2.85. The molecule has 1 aliphatic rings. The summed E-state index contributed by atoms with van der Waals surface area (Å²) in [6, 6.07) is 0.126. The first-order chi connectivity index (χ1) is 7.79. The molecule has 4 N–H and O–H groups in total. The Hall–Kier alpha value is -1.26. The number of nitrogens with one attached hydrogen (secondary N) is 2. The van der Waals surface area contributed by atoms with Gasteiger partial charge in [0.1, 0.15) is 5.84 Å². The van der Waals surface area contributed by atoms with Crippen molar-refractivity contribution < 1.29 is 4.79 Å². The lowest BCUT2D eigenvalue weighted by Gasteiger charge is -2.32. The average molecular weight is 240 g/mol. The van der Waals surface area contributed by atoms with Crippen LogP contribution in [0.2, 0.25) is 0 Å². The van der Waals surface area contributed by atoms with E-state index in [1.165, 1.54) is 0 Å². The Morgan fingerprint density at radius 3 is 2.35 bits per heavy atom. The fourth-order valence-electron chi connectivity index (χ4n) is 2.16. The molecule has 2 amide bonds. The van der Waals surface area contributed by atoms with Gasteiger partial charge < -0.3 is 16.0 Å². The van der Waals surface area contributed by atoms with Crippen LogP contribution in [-0.2, 0) is 0 Å². The first-order valence-electron chi connectivity index (χ1n) is 6.21. The van der Waals surface area contributed by atoms with Crippen molar-refractivity contribution in [3.63, 3.8) is 0 Å². The number of carbonyl (C=O) groups excluding carboxylic acids is 1. The van der Waals surface area contributed by atoms with E-state index < -0.39 is 0 Å². The molecule has 1 fully saturated rings. The summed E-state index contributed by atoms with van der Waals surface area (Å²) in [4.78, 5) is 13.9. The summed E-state index contributed by atoms with van der Waals surface area (Å²) in [7, 11) is 0. The van der Waals surface area contributed by atoms with E-state index >= 15 is 0 Å². The number of nitrogens with zero attached hydrogens (tertiary/aromatic N) is 1. The molecule has 5 nitrogen and oxygen atoms in total. The van der Waals surface area contributed by atoms with Crippen LogP contribution in [0, 0.1) is 5.41 Å². The number of amides is 2. The Kier molecular flexibility index (Phi) is 4.37. The van der Waals surface area contributed by atoms with E-state index in [0.717, 1.165) is 25.7 Å². The van der Waals surface area contributed by atoms with Gasteiger partial charge in [-0.25, -0.2) is 4.79 Å². The van der Waals surface area contributed by atoms with Gasteiger partial charge in [-0.2, -0.15) is 0 Å². The van der Waals surface area contributed by atoms with Crippen LogP contribution < -0.4 is 11.1 Å². The number of nitrogens with two attached hydrogens (primary N) is 1. The molecular weight excluding hydrogens is 216 g/mol. The number of hydrogen-bond donors (Lipinski definition) is 3. The molecule has 17 heavy (non-hydrogen) atoms. The van der Waals surface area contributed by atoms with Crippen LogP contribution >= 0.6 is 0 Å². The van der Waals surface area contributed by atoms with E-state index in [2.05, 4.69) is 5.32 Å². The molecule has 5 heteroatoms. The molecule has 0 saturated heterocycles. The van der Waals surface area contributed by atoms with Crippen molar-refractivity contribution in [2.24, 2.45) is 5.73 Å². The largest absolute Gasteiger partial charge is 0.386 e. The van der Waals surface area contributed by atoms with Gasteiger partial charge in [-0.1, -0.05) is 12.8 Å². The standard InChI is InChI=1S/C12H24N4O/c1-12(2,3)15-11(17)16(8-10(13)14)9-6-4-5-7-9/h9H,4-8H2,1-3H3,(H3,13,14)(H,15,17). The Bertz CT molecular complexity index is 289. The highest BCUT2D eigenvalue weighted by Crippen LogP contribution is 2.23. The van der Waals surface area contributed by atoms with Gasteiger partial charge in [-0.3, -0.25) is 5.41 Å². The smallest absolute Gasteiger partial charge is 0.318 e. The van der Waals surface area contributed by atoms with E-state index in [9.17, 15) is 4.79 Å². The fourth-order valence-corrected chi connectivity index (χ4v) is 2.16. The van der Waals surface area contributed by atoms with Crippen molar-refractivity contribution >= 4 is 11.9 Å². The summed E-state index contributed by atoms with van der Waals surface area (Å²) in [6.07, 6.45) is 4.35. The minimum Gasteiger partial charge on any atom is -0.386 e. The second-order valence-electron chi connectivity index (χ2n) is 5.77. The zero-order valence-corrected chi connectivity index (χ0v) is 11.0. The third-order valence-corrected chi connectivity index (χ3v) is 2.85. The summed E-state index contributed by atoms with van der Waals surface area (Å²) in [5.74, 6) is 0.0426. The molecule has 0 spiro atoms. The number of amidine groups is 1. The van der Waals surface area contributed by atoms with Crippen molar-refractivity contribution in [1.82, 2.24) is 10.2 Å². The van der Waals surface area contributed by atoms with Gasteiger partial charge >= 0.3 is 6.03 Å². The number of rotatable bonds is 3. The maximum absolute atomic E-state index is 12.1. The van der Waals surface area contributed by atoms with Gasteiger partial charge in [0.2, 0.25) is 0 Å². The van der Waals surface area contributed by atoms with E-state index in [0.29, 0.717) is 0 Å². The topological polar surface area (TPSA) is 82.2 Å². The molecule has 0 bridgehead atoms. The van der Waals surface area contributed by atoms with Gasteiger partial charge in [0.15, 0.2) is 0 Å². The Morgan fingerprint density at radius 2 is 1.94 bits per heavy atom. The van der Waals surface area contributed by atoms with Crippen molar-refractivity contribution in [2.75, 3.05) is 6.54 Å². The molecule has 98 valence electrons. The molecule has 0 aliphatic heterocycles. The van der Waals surface area contributed by atoms with Gasteiger partial charge in [0.25, 0.3) is 0 Å². The number of carbonyl (C=O) groups is 1. The van der Waals surface area contributed by atoms with E-state index in [4.69, 9.17) is 11.1 Å². The van der Waals surface area contributed by atoms with Gasteiger partial charge in [-0.15, -0.1) is 0 Å². The number of urea groups is 1. The Labute approximate surface area is 103 Å². The van der Waals surface area contributed by atoms with Crippen molar-refractivity contribution in [3.05, 3.63) is 0 Å². The molecule has 0 heterocycles. The average Bonchev–Trinajstić information content (AvgIpc) is 2.63. The second kappa shape index (κ2) is 5.38. The molecule has 1 rings (SSSR count). The predicted molar refractivity (Wildman–Crippen MR) is 69.2 cm³/mol. The SMILES string of the molecule is CC(C)(C)NC(=O)N(CC(=N)N)C1CCCC1. The third kappa shape index (κ3) is 4.63. The van der Waals surface area contributed by atoms with E-state index in [1.807, 2.05) is 20.8 Å². The molecule has 0 aromatic carbocycles. The van der Waals surface area contributed by atoms with Crippen LogP contribution in [0.4, 0.5) is 4.79 Å². The van der Waals surface area contributed by atoms with E-state index in [1.54, 1.807) is 4.90 Å². The van der Waals surface area contributed by atoms with Crippen LogP contribution in [0.25, 0.3) is 0 Å². The fraction of sp³-hybridized carbons (Fsp3) is 0.833. The summed E-state index contributed by atoms with van der Waals surface area (Å²) in [5.41, 5.74) is 5.16. The molecule has 1 aliphatic carbocycles. The zero-order chi connectivity index (χ0) is 13.1.